The van der Waals surface area contributed by atoms with Crippen molar-refractivity contribution in [1.82, 2.24) is 15.0 Å². The van der Waals surface area contributed by atoms with Gasteiger partial charge in [-0.3, -0.25) is 19.9 Å². The van der Waals surface area contributed by atoms with Crippen molar-refractivity contribution in [2.45, 2.75) is 71.8 Å². The van der Waals surface area contributed by atoms with E-state index in [1.165, 1.54) is 75.2 Å². The number of nitrogens with zero attached hydrogens (tertiary/aromatic N) is 4. The van der Waals surface area contributed by atoms with Crippen molar-refractivity contribution in [3.63, 3.8) is 0 Å². The summed E-state index contributed by atoms with van der Waals surface area (Å²) >= 11 is 0. The monoisotopic (exact) mass is 750 g/mol. The number of rotatable bonds is 19. The molecule has 0 spiro atoms. The fourth-order valence-corrected chi connectivity index (χ4v) is 3.92. The number of carboxylic acid groups (broad SMARTS) is 2. The van der Waals surface area contributed by atoms with Crippen LogP contribution in [-0.4, -0.2) is 56.5 Å². The fraction of sp³-hybridized carbons (Fsp3) is 0.371. The van der Waals surface area contributed by atoms with Gasteiger partial charge in [-0.15, -0.1) is 0 Å². The Bertz CT molecular complexity index is 1360. The molecule has 3 aromatic rings. The van der Waals surface area contributed by atoms with Gasteiger partial charge in [0.15, 0.2) is 0 Å². The molecule has 0 aliphatic rings. The Balaban J connectivity index is 0. The van der Waals surface area contributed by atoms with E-state index in [-0.39, 0.29) is 49.5 Å². The van der Waals surface area contributed by atoms with Crippen LogP contribution in [0.3, 0.4) is 0 Å². The number of carboxylic acids is 2. The normalized spacial score (nSPS) is 10.3. The molecule has 3 aromatic heterocycles. The smallest absolute Gasteiger partial charge is 0.693 e. The molecule has 0 aliphatic carbocycles. The minimum absolute atomic E-state index is 0. The molecule has 6 N–H and O–H groups in total. The number of aliphatic carboxylic acids is 1. The molecule has 3 heterocycles. The molecule has 0 fully saturated rings. The van der Waals surface area contributed by atoms with Crippen molar-refractivity contribution in [2.24, 2.45) is 4.99 Å². The third kappa shape index (κ3) is 18.7. The standard InChI is InChI=1S/C22H32N2O2.C13H12N2O4.2H2N.Ru/c1-3-5-7-9-15-25-19-11-13-23-21(17-19)22-18-20(12-14-24-22)26-16-10-8-6-4-2;1-2-9(12(16)17)3-5-14-8-11-7-10(13(18)19)4-6-15-11;;;/h11-14,17-18H,3-10,15-16H2,1-2H3;2-7H,1,8H2,(H,16,17)(H,18,19);2*1H2;/q;;2*-1;+2/b;9-3+,14-5?;;;. The van der Waals surface area contributed by atoms with Gasteiger partial charge in [-0.1, -0.05) is 65.0 Å². The van der Waals surface area contributed by atoms with Gasteiger partial charge in [0.1, 0.15) is 11.5 Å². The van der Waals surface area contributed by atoms with Crippen LogP contribution in [0.25, 0.3) is 23.7 Å². The summed E-state index contributed by atoms with van der Waals surface area (Å²) in [6, 6.07) is 10.5. The number of aromatic carboxylic acids is 1. The first-order valence-electron chi connectivity index (χ1n) is 15.3. The van der Waals surface area contributed by atoms with Crippen LogP contribution >= 0.6 is 0 Å². The second kappa shape index (κ2) is 27.8. The molecule has 0 unspecified atom stereocenters. The van der Waals surface area contributed by atoms with E-state index < -0.39 is 11.9 Å². The Kier molecular flexibility index (Phi) is 26.5. The summed E-state index contributed by atoms with van der Waals surface area (Å²) in [7, 11) is 0. The Morgan fingerprint density at radius 3 is 1.77 bits per heavy atom. The SMILES string of the molecule is C=C/C(=C\C=NCc1cc(C(=O)O)ccn1)C(=O)O.CCCCCCOc1ccnc(-c2cc(OCCCCCC)ccn2)c1.[NH2-].[NH2-].[Ru+2]. The largest absolute Gasteiger partial charge is 2.00 e. The molecule has 0 aromatic carbocycles. The van der Waals surface area contributed by atoms with Crippen LogP contribution in [0.5, 0.6) is 11.5 Å². The third-order valence-electron chi connectivity index (χ3n) is 6.40. The van der Waals surface area contributed by atoms with E-state index in [1.54, 1.807) is 12.4 Å². The molecule has 0 radical (unpaired) electrons. The average Bonchev–Trinajstić information content (AvgIpc) is 3.05. The molecule has 13 heteroatoms. The van der Waals surface area contributed by atoms with E-state index in [1.807, 2.05) is 24.3 Å². The summed E-state index contributed by atoms with van der Waals surface area (Å²) in [5.74, 6) is -0.432. The number of aliphatic imine (C=N–C) groups is 1. The number of pyridine rings is 3. The predicted octanol–water partition coefficient (Wildman–Crippen LogP) is 9.04. The Hall–Kier alpha value is -4.32. The van der Waals surface area contributed by atoms with Gasteiger partial charge in [0.05, 0.1) is 48.0 Å². The van der Waals surface area contributed by atoms with Crippen molar-refractivity contribution >= 4 is 18.2 Å². The first kappa shape index (κ1) is 45.8. The summed E-state index contributed by atoms with van der Waals surface area (Å²) in [4.78, 5) is 38.1. The van der Waals surface area contributed by atoms with Crippen LogP contribution in [0.4, 0.5) is 0 Å². The van der Waals surface area contributed by atoms with Gasteiger partial charge >= 0.3 is 31.4 Å². The number of hydrogen-bond acceptors (Lipinski definition) is 8. The Morgan fingerprint density at radius 2 is 1.31 bits per heavy atom. The van der Waals surface area contributed by atoms with E-state index in [9.17, 15) is 9.59 Å². The minimum atomic E-state index is -1.09. The number of carbonyl (C=O) groups is 2. The van der Waals surface area contributed by atoms with Crippen molar-refractivity contribution in [2.75, 3.05) is 13.2 Å². The summed E-state index contributed by atoms with van der Waals surface area (Å²) in [5, 5.41) is 17.5. The first-order chi connectivity index (χ1) is 21.9. The maximum Gasteiger partial charge on any atom is 2.00 e. The molecule has 48 heavy (non-hydrogen) atoms. The third-order valence-corrected chi connectivity index (χ3v) is 6.40. The number of hydrogen-bond donors (Lipinski definition) is 2. The molecular weight excluding hydrogens is 701 g/mol. The van der Waals surface area contributed by atoms with Crippen LogP contribution < -0.4 is 9.47 Å². The van der Waals surface area contributed by atoms with Crippen LogP contribution in [0.15, 0.2) is 84.3 Å². The number of nitrogens with two attached hydrogens (primary N) is 2. The number of aromatic nitrogens is 3. The molecule has 0 bridgehead atoms. The summed E-state index contributed by atoms with van der Waals surface area (Å²) < 4.78 is 11.7. The van der Waals surface area contributed by atoms with Gasteiger partial charge in [0, 0.05) is 36.9 Å². The first-order valence-corrected chi connectivity index (χ1v) is 15.3. The van der Waals surface area contributed by atoms with Crippen LogP contribution in [0.2, 0.25) is 0 Å². The fourth-order valence-electron chi connectivity index (χ4n) is 3.92. The molecule has 12 nitrogen and oxygen atoms in total. The molecule has 0 saturated carbocycles. The van der Waals surface area contributed by atoms with E-state index in [4.69, 9.17) is 19.7 Å². The van der Waals surface area contributed by atoms with E-state index in [0.717, 1.165) is 48.9 Å². The van der Waals surface area contributed by atoms with Gasteiger partial charge in [0.25, 0.3) is 0 Å². The topological polar surface area (TPSA) is 211 Å². The van der Waals surface area contributed by atoms with Gasteiger partial charge in [-0.05, 0) is 43.2 Å². The van der Waals surface area contributed by atoms with Crippen LogP contribution in [-0.2, 0) is 30.8 Å². The Labute approximate surface area is 296 Å². The van der Waals surface area contributed by atoms with Gasteiger partial charge in [0.2, 0.25) is 0 Å². The van der Waals surface area contributed by atoms with Gasteiger partial charge < -0.3 is 32.0 Å². The van der Waals surface area contributed by atoms with Crippen LogP contribution in [0.1, 0.15) is 81.3 Å². The van der Waals surface area contributed by atoms with Gasteiger partial charge in [-0.25, -0.2) is 9.59 Å². The molecular formula is C35H48N6O6Ru. The van der Waals surface area contributed by atoms with Crippen LogP contribution in [0, 0.1) is 0 Å². The summed E-state index contributed by atoms with van der Waals surface area (Å²) in [6.45, 7) is 9.45. The van der Waals surface area contributed by atoms with E-state index in [0.29, 0.717) is 5.69 Å². The second-order valence-corrected chi connectivity index (χ2v) is 10.0. The molecule has 0 saturated heterocycles. The molecule has 262 valence electrons. The summed E-state index contributed by atoms with van der Waals surface area (Å²) in [5.41, 5.74) is 2.27. The zero-order valence-corrected chi connectivity index (χ0v) is 29.5. The van der Waals surface area contributed by atoms with E-state index in [2.05, 4.69) is 40.4 Å². The number of allylic oxidation sites excluding steroid dienone is 1. The quantitative estimate of drug-likeness (QED) is 0.0393. The van der Waals surface area contributed by atoms with Crippen molar-refractivity contribution in [3.8, 4) is 22.9 Å². The molecule has 0 amide bonds. The zero-order valence-electron chi connectivity index (χ0n) is 27.7. The molecule has 0 aliphatic heterocycles. The van der Waals surface area contributed by atoms with Crippen molar-refractivity contribution < 1.29 is 48.8 Å². The second-order valence-electron chi connectivity index (χ2n) is 10.0. The number of unbranched alkanes of at least 4 members (excludes halogenated alkanes) is 6. The maximum absolute atomic E-state index is 10.7. The van der Waals surface area contributed by atoms with Gasteiger partial charge in [-0.2, -0.15) is 0 Å². The van der Waals surface area contributed by atoms with Crippen molar-refractivity contribution in [3.05, 3.63) is 103 Å². The summed E-state index contributed by atoms with van der Waals surface area (Å²) in [6.07, 6.45) is 18.4. The maximum atomic E-state index is 10.7. The van der Waals surface area contributed by atoms with E-state index >= 15 is 0 Å². The predicted molar refractivity (Wildman–Crippen MR) is 187 cm³/mol. The molecule has 0 atom stereocenters. The average molecular weight is 750 g/mol. The number of ether oxygens (including phenoxy) is 2. The zero-order chi connectivity index (χ0) is 32.7. The molecule has 3 rings (SSSR count). The Morgan fingerprint density at radius 1 is 0.792 bits per heavy atom. The van der Waals surface area contributed by atoms with Crippen molar-refractivity contribution in [1.29, 1.82) is 0 Å². The minimum Gasteiger partial charge on any atom is -0.693 e.